The molecule has 4 nitrogen and oxygen atoms in total. The van der Waals surface area contributed by atoms with Crippen LogP contribution in [0.5, 0.6) is 5.75 Å². The van der Waals surface area contributed by atoms with Gasteiger partial charge in [0.25, 0.3) is 0 Å². The largest absolute Gasteiger partial charge is 0.497 e. The van der Waals surface area contributed by atoms with Gasteiger partial charge in [-0.2, -0.15) is 5.26 Å². The minimum absolute atomic E-state index is 0.243. The van der Waals surface area contributed by atoms with Crippen LogP contribution in [0.25, 0.3) is 22.4 Å². The molecule has 0 aliphatic carbocycles. The topological polar surface area (TPSA) is 63.0 Å². The summed E-state index contributed by atoms with van der Waals surface area (Å²) in [4.78, 5) is 17.5. The summed E-state index contributed by atoms with van der Waals surface area (Å²) < 4.78 is 5.18. The first kappa shape index (κ1) is 19.6. The van der Waals surface area contributed by atoms with E-state index < -0.39 is 5.92 Å². The fraction of sp³-hybridized carbons (Fsp3) is 0.0800. The number of carbonyl (C=O) groups is 1. The van der Waals surface area contributed by atoms with Crippen molar-refractivity contribution in [2.24, 2.45) is 0 Å². The zero-order valence-electron chi connectivity index (χ0n) is 16.3. The number of nitriles is 1. The molecular weight excluding hydrogens is 392 g/mol. The predicted octanol–water partition coefficient (Wildman–Crippen LogP) is 5.98. The molecule has 1 aromatic heterocycles. The molecule has 0 fully saturated rings. The molecule has 0 aliphatic heterocycles. The Morgan fingerprint density at radius 2 is 1.57 bits per heavy atom. The molecule has 146 valence electrons. The van der Waals surface area contributed by atoms with E-state index in [2.05, 4.69) is 11.1 Å². The van der Waals surface area contributed by atoms with E-state index in [1.54, 1.807) is 19.2 Å². The Balaban J connectivity index is 1.56. The lowest BCUT2D eigenvalue weighted by molar-refractivity contribution is 0.0979. The van der Waals surface area contributed by atoms with E-state index in [0.717, 1.165) is 28.1 Å². The highest BCUT2D eigenvalue weighted by atomic mass is 32.1. The summed E-state index contributed by atoms with van der Waals surface area (Å²) in [5, 5.41) is 12.0. The number of nitrogens with zero attached hydrogens (tertiary/aromatic N) is 2. The molecule has 5 heteroatoms. The molecule has 0 N–H and O–H groups in total. The summed E-state index contributed by atoms with van der Waals surface area (Å²) in [5.41, 5.74) is 4.26. The maximum absolute atomic E-state index is 13.0. The SMILES string of the molecule is COc1ccc(-c2csc(C(C#N)C(=O)c3ccc(-c4ccccc4)cc3)n2)cc1. The van der Waals surface area contributed by atoms with E-state index in [1.165, 1.54) is 11.3 Å². The summed E-state index contributed by atoms with van der Waals surface area (Å²) in [6.07, 6.45) is 0. The molecule has 1 atom stereocenters. The number of rotatable bonds is 6. The van der Waals surface area contributed by atoms with Gasteiger partial charge in [0.05, 0.1) is 18.9 Å². The van der Waals surface area contributed by atoms with Crippen molar-refractivity contribution < 1.29 is 9.53 Å². The van der Waals surface area contributed by atoms with E-state index >= 15 is 0 Å². The van der Waals surface area contributed by atoms with Gasteiger partial charge in [-0.15, -0.1) is 11.3 Å². The summed E-state index contributed by atoms with van der Waals surface area (Å²) in [5.74, 6) is -0.407. The maximum atomic E-state index is 13.0. The van der Waals surface area contributed by atoms with Gasteiger partial charge in [-0.1, -0.05) is 54.6 Å². The van der Waals surface area contributed by atoms with Crippen LogP contribution in [0.15, 0.2) is 84.2 Å². The number of carbonyl (C=O) groups excluding carboxylic acids is 1. The Morgan fingerprint density at radius 1 is 0.933 bits per heavy atom. The molecule has 3 aromatic carbocycles. The van der Waals surface area contributed by atoms with Crippen molar-refractivity contribution in [1.82, 2.24) is 4.98 Å². The first-order chi connectivity index (χ1) is 14.7. The molecule has 0 amide bonds. The minimum atomic E-state index is -0.926. The van der Waals surface area contributed by atoms with Gasteiger partial charge in [0.2, 0.25) is 0 Å². The highest BCUT2D eigenvalue weighted by Gasteiger charge is 2.25. The van der Waals surface area contributed by atoms with Crippen molar-refractivity contribution in [1.29, 1.82) is 5.26 Å². The molecule has 4 rings (SSSR count). The molecular formula is C25H18N2O2S. The van der Waals surface area contributed by atoms with Crippen molar-refractivity contribution in [3.63, 3.8) is 0 Å². The van der Waals surface area contributed by atoms with Gasteiger partial charge in [0, 0.05) is 16.5 Å². The van der Waals surface area contributed by atoms with Gasteiger partial charge in [-0.25, -0.2) is 4.98 Å². The van der Waals surface area contributed by atoms with Crippen molar-refractivity contribution in [2.75, 3.05) is 7.11 Å². The van der Waals surface area contributed by atoms with Crippen molar-refractivity contribution in [3.05, 3.63) is 94.8 Å². The third-order valence-electron chi connectivity index (χ3n) is 4.82. The van der Waals surface area contributed by atoms with Gasteiger partial charge in [0.1, 0.15) is 10.8 Å². The minimum Gasteiger partial charge on any atom is -0.497 e. The zero-order valence-corrected chi connectivity index (χ0v) is 17.1. The Kier molecular flexibility index (Phi) is 5.69. The van der Waals surface area contributed by atoms with Gasteiger partial charge in [-0.05, 0) is 35.4 Å². The number of Topliss-reactive ketones (excluding diaryl/α,β-unsaturated/α-hetero) is 1. The highest BCUT2D eigenvalue weighted by Crippen LogP contribution is 2.30. The molecule has 1 heterocycles. The van der Waals surface area contributed by atoms with Crippen LogP contribution in [0, 0.1) is 11.3 Å². The Bertz CT molecular complexity index is 1190. The second-order valence-corrected chi connectivity index (χ2v) is 7.56. The number of benzene rings is 3. The summed E-state index contributed by atoms with van der Waals surface area (Å²) >= 11 is 1.32. The zero-order chi connectivity index (χ0) is 20.9. The first-order valence-electron chi connectivity index (χ1n) is 9.39. The average Bonchev–Trinajstić information content (AvgIpc) is 3.30. The Hall–Kier alpha value is -3.75. The predicted molar refractivity (Wildman–Crippen MR) is 119 cm³/mol. The van der Waals surface area contributed by atoms with Gasteiger partial charge in [0.15, 0.2) is 11.7 Å². The van der Waals surface area contributed by atoms with Crippen LogP contribution in [0.3, 0.4) is 0 Å². The third kappa shape index (κ3) is 4.00. The summed E-state index contributed by atoms with van der Waals surface area (Å²) in [7, 11) is 1.62. The maximum Gasteiger partial charge on any atom is 0.186 e. The number of ketones is 1. The van der Waals surface area contributed by atoms with E-state index in [0.29, 0.717) is 10.6 Å². The lowest BCUT2D eigenvalue weighted by Crippen LogP contribution is -2.11. The normalized spacial score (nSPS) is 11.5. The molecule has 1 unspecified atom stereocenters. The molecule has 4 aromatic rings. The molecule has 0 saturated heterocycles. The van der Waals surface area contributed by atoms with E-state index in [9.17, 15) is 10.1 Å². The standard InChI is InChI=1S/C25H18N2O2S/c1-29-21-13-11-19(12-14-21)23-16-30-25(27-23)22(15-26)24(28)20-9-7-18(8-10-20)17-5-3-2-4-6-17/h2-14,16,22H,1H3. The molecule has 0 spiro atoms. The van der Waals surface area contributed by atoms with Crippen LogP contribution in [0.2, 0.25) is 0 Å². The van der Waals surface area contributed by atoms with Crippen molar-refractivity contribution in [2.45, 2.75) is 5.92 Å². The lowest BCUT2D eigenvalue weighted by atomic mass is 9.97. The second kappa shape index (κ2) is 8.73. The summed E-state index contributed by atoms with van der Waals surface area (Å²) in [6.45, 7) is 0. The number of ether oxygens (including phenoxy) is 1. The lowest BCUT2D eigenvalue weighted by Gasteiger charge is -2.07. The summed E-state index contributed by atoms with van der Waals surface area (Å²) in [6, 6.07) is 27.0. The van der Waals surface area contributed by atoms with E-state index in [4.69, 9.17) is 4.74 Å². The molecule has 0 bridgehead atoms. The second-order valence-electron chi connectivity index (χ2n) is 6.67. The van der Waals surface area contributed by atoms with Crippen LogP contribution in [0.4, 0.5) is 0 Å². The van der Waals surface area contributed by atoms with Crippen LogP contribution >= 0.6 is 11.3 Å². The van der Waals surface area contributed by atoms with Crippen LogP contribution in [0.1, 0.15) is 21.3 Å². The Morgan fingerprint density at radius 3 is 2.20 bits per heavy atom. The fourth-order valence-electron chi connectivity index (χ4n) is 3.16. The molecule has 0 radical (unpaired) electrons. The first-order valence-corrected chi connectivity index (χ1v) is 10.3. The Labute approximate surface area is 179 Å². The van der Waals surface area contributed by atoms with Crippen molar-refractivity contribution in [3.8, 4) is 34.2 Å². The van der Waals surface area contributed by atoms with Crippen LogP contribution < -0.4 is 4.74 Å². The van der Waals surface area contributed by atoms with E-state index in [1.807, 2.05) is 72.1 Å². The number of hydrogen-bond acceptors (Lipinski definition) is 5. The number of thiazole rings is 1. The third-order valence-corrected chi connectivity index (χ3v) is 5.73. The van der Waals surface area contributed by atoms with E-state index in [-0.39, 0.29) is 5.78 Å². The molecule has 30 heavy (non-hydrogen) atoms. The van der Waals surface area contributed by atoms with Gasteiger partial charge < -0.3 is 4.74 Å². The monoisotopic (exact) mass is 410 g/mol. The van der Waals surface area contributed by atoms with Crippen LogP contribution in [-0.4, -0.2) is 17.9 Å². The average molecular weight is 410 g/mol. The smallest absolute Gasteiger partial charge is 0.186 e. The van der Waals surface area contributed by atoms with Crippen LogP contribution in [-0.2, 0) is 0 Å². The fourth-order valence-corrected chi connectivity index (χ4v) is 4.03. The molecule has 0 aliphatic rings. The number of aromatic nitrogens is 1. The number of hydrogen-bond donors (Lipinski definition) is 0. The highest BCUT2D eigenvalue weighted by molar-refractivity contribution is 7.10. The van der Waals surface area contributed by atoms with Gasteiger partial charge in [-0.3, -0.25) is 4.79 Å². The van der Waals surface area contributed by atoms with Gasteiger partial charge >= 0.3 is 0 Å². The number of methoxy groups -OCH3 is 1. The quantitative estimate of drug-likeness (QED) is 0.367. The van der Waals surface area contributed by atoms with Crippen molar-refractivity contribution >= 4 is 17.1 Å². The molecule has 0 saturated carbocycles.